The second-order valence-corrected chi connectivity index (χ2v) is 7.52. The number of benzene rings is 3. The van der Waals surface area contributed by atoms with Crippen LogP contribution in [-0.4, -0.2) is 15.7 Å². The Kier molecular flexibility index (Phi) is 4.02. The van der Waals surface area contributed by atoms with Crippen molar-refractivity contribution in [2.24, 2.45) is 5.10 Å². The summed E-state index contributed by atoms with van der Waals surface area (Å²) in [5.74, 6) is 0.844. The summed E-state index contributed by atoms with van der Waals surface area (Å²) in [6.07, 6.45) is 0.802. The van der Waals surface area contributed by atoms with E-state index in [-0.39, 0.29) is 6.04 Å². The first-order chi connectivity index (χ1) is 13.3. The number of imidazole rings is 1. The van der Waals surface area contributed by atoms with Crippen molar-refractivity contribution in [3.8, 4) is 0 Å². The third-order valence-corrected chi connectivity index (χ3v) is 5.38. The number of nitrogens with zero attached hydrogens (tertiary/aromatic N) is 3. The van der Waals surface area contributed by atoms with Crippen LogP contribution in [0.1, 0.15) is 23.9 Å². The predicted molar refractivity (Wildman–Crippen MR) is 113 cm³/mol. The van der Waals surface area contributed by atoms with Gasteiger partial charge in [0, 0.05) is 10.9 Å². The number of hydrogen-bond donors (Lipinski definition) is 1. The van der Waals surface area contributed by atoms with E-state index in [0.717, 1.165) is 39.2 Å². The Balaban J connectivity index is 1.57. The van der Waals surface area contributed by atoms with E-state index in [0.29, 0.717) is 0 Å². The molecule has 0 saturated carbocycles. The molecular weight excluding hydrogens is 400 g/mol. The summed E-state index contributed by atoms with van der Waals surface area (Å²) in [7, 11) is 0. The molecule has 132 valence electrons. The average Bonchev–Trinajstić information content (AvgIpc) is 3.34. The van der Waals surface area contributed by atoms with Crippen molar-refractivity contribution in [3.63, 3.8) is 0 Å². The standard InChI is InChI=1S/C22H17BrN4/c23-16-12-10-15(11-13-16)21-14-20(26-27(21)17-6-2-1-3-7-17)22-24-18-8-4-5-9-19(18)25-22/h1-13,21H,14H2,(H,24,25). The summed E-state index contributed by atoms with van der Waals surface area (Å²) in [5.41, 5.74) is 5.29. The number of aromatic amines is 1. The van der Waals surface area contributed by atoms with Gasteiger partial charge < -0.3 is 4.98 Å². The highest BCUT2D eigenvalue weighted by molar-refractivity contribution is 9.10. The molecule has 0 radical (unpaired) electrons. The van der Waals surface area contributed by atoms with Gasteiger partial charge in [0.1, 0.15) is 5.71 Å². The average molecular weight is 417 g/mol. The van der Waals surface area contributed by atoms with Crippen LogP contribution in [0, 0.1) is 0 Å². The lowest BCUT2D eigenvalue weighted by molar-refractivity contribution is 0.708. The number of hydrazone groups is 1. The van der Waals surface area contributed by atoms with Crippen molar-refractivity contribution in [3.05, 3.63) is 94.7 Å². The summed E-state index contributed by atoms with van der Waals surface area (Å²) >= 11 is 3.52. The summed E-state index contributed by atoms with van der Waals surface area (Å²) in [6, 6.07) is 27.0. The highest BCUT2D eigenvalue weighted by Crippen LogP contribution is 2.36. The fraction of sp³-hybridized carbons (Fsp3) is 0.0909. The van der Waals surface area contributed by atoms with Crippen LogP contribution in [0.5, 0.6) is 0 Å². The van der Waals surface area contributed by atoms with Crippen LogP contribution in [0.2, 0.25) is 0 Å². The number of anilines is 1. The Morgan fingerprint density at radius 3 is 2.41 bits per heavy atom. The van der Waals surface area contributed by atoms with Crippen LogP contribution in [0.15, 0.2) is 88.4 Å². The van der Waals surface area contributed by atoms with Crippen LogP contribution in [-0.2, 0) is 0 Å². The molecule has 0 fully saturated rings. The van der Waals surface area contributed by atoms with Crippen molar-refractivity contribution < 1.29 is 0 Å². The van der Waals surface area contributed by atoms with E-state index in [4.69, 9.17) is 10.1 Å². The maximum absolute atomic E-state index is 4.95. The maximum atomic E-state index is 4.95. The normalized spacial score (nSPS) is 16.7. The molecule has 5 rings (SSSR count). The number of H-pyrrole nitrogens is 1. The molecule has 4 aromatic rings. The number of para-hydroxylation sites is 3. The molecule has 2 heterocycles. The third kappa shape index (κ3) is 3.04. The number of nitrogens with one attached hydrogen (secondary N) is 1. The van der Waals surface area contributed by atoms with Crippen LogP contribution < -0.4 is 5.01 Å². The van der Waals surface area contributed by atoms with Gasteiger partial charge in [-0.15, -0.1) is 0 Å². The SMILES string of the molecule is Brc1ccc(C2CC(c3nc4ccccc4[nH]3)=NN2c2ccccc2)cc1. The molecule has 3 aromatic carbocycles. The minimum Gasteiger partial charge on any atom is -0.337 e. The molecule has 0 bridgehead atoms. The van der Waals surface area contributed by atoms with Crippen molar-refractivity contribution >= 4 is 38.4 Å². The zero-order chi connectivity index (χ0) is 18.2. The van der Waals surface area contributed by atoms with E-state index in [1.165, 1.54) is 5.56 Å². The van der Waals surface area contributed by atoms with Crippen molar-refractivity contribution in [2.75, 3.05) is 5.01 Å². The Hall–Kier alpha value is -2.92. The van der Waals surface area contributed by atoms with Gasteiger partial charge in [0.2, 0.25) is 0 Å². The zero-order valence-electron chi connectivity index (χ0n) is 14.5. The molecule has 0 spiro atoms. The number of aromatic nitrogens is 2. The summed E-state index contributed by atoms with van der Waals surface area (Å²) < 4.78 is 1.08. The van der Waals surface area contributed by atoms with Gasteiger partial charge in [-0.1, -0.05) is 58.4 Å². The largest absolute Gasteiger partial charge is 0.337 e. The smallest absolute Gasteiger partial charge is 0.154 e. The second-order valence-electron chi connectivity index (χ2n) is 6.60. The van der Waals surface area contributed by atoms with E-state index in [2.05, 4.69) is 62.3 Å². The number of halogens is 1. The molecule has 1 N–H and O–H groups in total. The van der Waals surface area contributed by atoms with Crippen molar-refractivity contribution in [2.45, 2.75) is 12.5 Å². The molecule has 1 atom stereocenters. The molecule has 0 saturated heterocycles. The maximum Gasteiger partial charge on any atom is 0.154 e. The van der Waals surface area contributed by atoms with Crippen LogP contribution in [0.25, 0.3) is 11.0 Å². The highest BCUT2D eigenvalue weighted by atomic mass is 79.9. The molecule has 1 aliphatic heterocycles. The van der Waals surface area contributed by atoms with E-state index in [9.17, 15) is 0 Å². The fourth-order valence-corrected chi connectivity index (χ4v) is 3.77. The number of rotatable bonds is 3. The van der Waals surface area contributed by atoms with Gasteiger partial charge in [0.05, 0.1) is 22.8 Å². The summed E-state index contributed by atoms with van der Waals surface area (Å²) in [5, 5.41) is 7.05. The quantitative estimate of drug-likeness (QED) is 0.466. The number of fused-ring (bicyclic) bond motifs is 1. The predicted octanol–water partition coefficient (Wildman–Crippen LogP) is 5.68. The molecule has 1 aliphatic rings. The Morgan fingerprint density at radius 2 is 1.63 bits per heavy atom. The first kappa shape index (κ1) is 16.3. The number of hydrogen-bond acceptors (Lipinski definition) is 3. The topological polar surface area (TPSA) is 44.3 Å². The van der Waals surface area contributed by atoms with E-state index < -0.39 is 0 Å². The van der Waals surface area contributed by atoms with Gasteiger partial charge in [-0.25, -0.2) is 4.98 Å². The van der Waals surface area contributed by atoms with Gasteiger partial charge in [-0.2, -0.15) is 5.10 Å². The molecule has 0 amide bonds. The molecular formula is C22H17BrN4. The minimum atomic E-state index is 0.142. The monoisotopic (exact) mass is 416 g/mol. The zero-order valence-corrected chi connectivity index (χ0v) is 16.1. The first-order valence-corrected chi connectivity index (χ1v) is 9.69. The van der Waals surface area contributed by atoms with Gasteiger partial charge >= 0.3 is 0 Å². The third-order valence-electron chi connectivity index (χ3n) is 4.85. The van der Waals surface area contributed by atoms with Gasteiger partial charge in [0.15, 0.2) is 5.82 Å². The molecule has 4 nitrogen and oxygen atoms in total. The van der Waals surface area contributed by atoms with E-state index >= 15 is 0 Å². The molecule has 0 aliphatic carbocycles. The molecule has 1 unspecified atom stereocenters. The fourth-order valence-electron chi connectivity index (χ4n) is 3.51. The Bertz CT molecular complexity index is 1080. The minimum absolute atomic E-state index is 0.142. The lowest BCUT2D eigenvalue weighted by Crippen LogP contribution is -2.18. The Labute approximate surface area is 165 Å². The molecule has 5 heteroatoms. The van der Waals surface area contributed by atoms with Crippen LogP contribution in [0.4, 0.5) is 5.69 Å². The summed E-state index contributed by atoms with van der Waals surface area (Å²) in [4.78, 5) is 8.16. The van der Waals surface area contributed by atoms with E-state index in [1.54, 1.807) is 0 Å². The second kappa shape index (κ2) is 6.67. The van der Waals surface area contributed by atoms with Crippen LogP contribution in [0.3, 0.4) is 0 Å². The molecule has 1 aromatic heterocycles. The highest BCUT2D eigenvalue weighted by Gasteiger charge is 2.31. The lowest BCUT2D eigenvalue weighted by atomic mass is 10.0. The molecule has 27 heavy (non-hydrogen) atoms. The van der Waals surface area contributed by atoms with Gasteiger partial charge in [0.25, 0.3) is 0 Å². The van der Waals surface area contributed by atoms with Crippen molar-refractivity contribution in [1.82, 2.24) is 9.97 Å². The lowest BCUT2D eigenvalue weighted by Gasteiger charge is -2.24. The van der Waals surface area contributed by atoms with E-state index in [1.807, 2.05) is 42.5 Å². The Morgan fingerprint density at radius 1 is 0.889 bits per heavy atom. The van der Waals surface area contributed by atoms with Gasteiger partial charge in [-0.3, -0.25) is 5.01 Å². The summed E-state index contributed by atoms with van der Waals surface area (Å²) in [6.45, 7) is 0. The van der Waals surface area contributed by atoms with Crippen molar-refractivity contribution in [1.29, 1.82) is 0 Å². The first-order valence-electron chi connectivity index (χ1n) is 8.90. The van der Waals surface area contributed by atoms with Crippen LogP contribution >= 0.6 is 15.9 Å². The van der Waals surface area contributed by atoms with Gasteiger partial charge in [-0.05, 0) is 42.0 Å².